The molecule has 0 N–H and O–H groups in total. The summed E-state index contributed by atoms with van der Waals surface area (Å²) in [5.74, 6) is 0.691. The van der Waals surface area contributed by atoms with Gasteiger partial charge in [-0.05, 0) is 37.2 Å². The van der Waals surface area contributed by atoms with Crippen LogP contribution in [0.15, 0.2) is 28.8 Å². The van der Waals surface area contributed by atoms with Crippen molar-refractivity contribution in [3.05, 3.63) is 41.2 Å². The Kier molecular flexibility index (Phi) is 5.35. The van der Waals surface area contributed by atoms with Crippen molar-refractivity contribution in [2.75, 3.05) is 13.7 Å². The van der Waals surface area contributed by atoms with Gasteiger partial charge in [-0.15, -0.1) is 0 Å². The maximum atomic E-state index is 11.7. The molecule has 0 atom stereocenters. The van der Waals surface area contributed by atoms with Crippen LogP contribution >= 0.6 is 0 Å². The van der Waals surface area contributed by atoms with Gasteiger partial charge in [0.05, 0.1) is 7.11 Å². The molecule has 0 amide bonds. The lowest BCUT2D eigenvalue weighted by Gasteiger charge is -2.10. The van der Waals surface area contributed by atoms with Crippen LogP contribution in [0.25, 0.3) is 0 Å². The summed E-state index contributed by atoms with van der Waals surface area (Å²) in [5, 5.41) is 3.60. The molecule has 7 nitrogen and oxygen atoms in total. The molecule has 0 spiro atoms. The monoisotopic (exact) mass is 319 g/mol. The fourth-order valence-corrected chi connectivity index (χ4v) is 1.85. The van der Waals surface area contributed by atoms with Crippen LogP contribution in [0.3, 0.4) is 0 Å². The van der Waals surface area contributed by atoms with Crippen LogP contribution < -0.4 is 9.47 Å². The van der Waals surface area contributed by atoms with Gasteiger partial charge >= 0.3 is 5.97 Å². The van der Waals surface area contributed by atoms with Crippen molar-refractivity contribution in [1.29, 1.82) is 0 Å². The number of aromatic nitrogens is 1. The minimum Gasteiger partial charge on any atom is -0.496 e. The highest BCUT2D eigenvalue weighted by Crippen LogP contribution is 2.21. The molecular weight excluding hydrogens is 302 g/mol. The zero-order valence-corrected chi connectivity index (χ0v) is 13.1. The molecule has 0 aliphatic rings. The number of methoxy groups -OCH3 is 1. The molecule has 0 saturated heterocycles. The SMILES string of the molecule is COc1ccc(C(C)=O)cc1COC(=O)COc1cc(C)on1. The third kappa shape index (κ3) is 4.57. The molecular formula is C16H17NO6. The largest absolute Gasteiger partial charge is 0.496 e. The molecule has 1 aromatic carbocycles. The number of Topliss-reactive ketones (excluding diaryl/α,β-unsaturated/α-hetero) is 1. The molecule has 7 heteroatoms. The smallest absolute Gasteiger partial charge is 0.344 e. The maximum Gasteiger partial charge on any atom is 0.344 e. The van der Waals surface area contributed by atoms with Crippen LogP contribution in [0.4, 0.5) is 0 Å². The number of ether oxygens (including phenoxy) is 3. The average Bonchev–Trinajstić information content (AvgIpc) is 2.96. The number of rotatable bonds is 7. The van der Waals surface area contributed by atoms with Gasteiger partial charge in [-0.3, -0.25) is 4.79 Å². The van der Waals surface area contributed by atoms with Crippen molar-refractivity contribution in [2.24, 2.45) is 0 Å². The van der Waals surface area contributed by atoms with Gasteiger partial charge < -0.3 is 18.7 Å². The highest BCUT2D eigenvalue weighted by Gasteiger charge is 2.11. The van der Waals surface area contributed by atoms with Gasteiger partial charge in [0.1, 0.15) is 18.1 Å². The van der Waals surface area contributed by atoms with Crippen molar-refractivity contribution in [1.82, 2.24) is 5.16 Å². The zero-order valence-electron chi connectivity index (χ0n) is 13.1. The fourth-order valence-electron chi connectivity index (χ4n) is 1.85. The van der Waals surface area contributed by atoms with E-state index in [9.17, 15) is 9.59 Å². The van der Waals surface area contributed by atoms with Crippen molar-refractivity contribution >= 4 is 11.8 Å². The Morgan fingerprint density at radius 1 is 1.26 bits per heavy atom. The molecule has 2 aromatic rings. The summed E-state index contributed by atoms with van der Waals surface area (Å²) in [6.07, 6.45) is 0. The molecule has 0 fully saturated rings. The topological polar surface area (TPSA) is 87.9 Å². The van der Waals surface area contributed by atoms with Crippen molar-refractivity contribution in [3.63, 3.8) is 0 Å². The third-order valence-corrected chi connectivity index (χ3v) is 3.02. The number of ketones is 1. The Morgan fingerprint density at radius 3 is 2.65 bits per heavy atom. The minimum absolute atomic E-state index is 0.0235. The van der Waals surface area contributed by atoms with E-state index in [0.29, 0.717) is 22.6 Å². The second-order valence-electron chi connectivity index (χ2n) is 4.81. The van der Waals surface area contributed by atoms with E-state index in [0.717, 1.165) is 0 Å². The van der Waals surface area contributed by atoms with E-state index in [2.05, 4.69) is 5.16 Å². The molecule has 0 unspecified atom stereocenters. The highest BCUT2D eigenvalue weighted by atomic mass is 16.6. The quantitative estimate of drug-likeness (QED) is 0.571. The Hall–Kier alpha value is -2.83. The van der Waals surface area contributed by atoms with Crippen LogP contribution in [0.2, 0.25) is 0 Å². The maximum absolute atomic E-state index is 11.7. The predicted molar refractivity (Wildman–Crippen MR) is 79.5 cm³/mol. The van der Waals surface area contributed by atoms with Crippen LogP contribution in [-0.2, 0) is 16.1 Å². The van der Waals surface area contributed by atoms with Gasteiger partial charge in [0.15, 0.2) is 12.4 Å². The summed E-state index contributed by atoms with van der Waals surface area (Å²) in [6, 6.07) is 6.51. The first-order chi connectivity index (χ1) is 11.0. The summed E-state index contributed by atoms with van der Waals surface area (Å²) in [7, 11) is 1.50. The first-order valence-corrected chi connectivity index (χ1v) is 6.89. The number of esters is 1. The van der Waals surface area contributed by atoms with Crippen molar-refractivity contribution in [2.45, 2.75) is 20.5 Å². The Balaban J connectivity index is 1.92. The molecule has 1 aromatic heterocycles. The van der Waals surface area contributed by atoms with Gasteiger partial charge in [-0.25, -0.2) is 4.79 Å². The van der Waals surface area contributed by atoms with Gasteiger partial charge in [0.25, 0.3) is 5.88 Å². The van der Waals surface area contributed by atoms with E-state index in [-0.39, 0.29) is 24.9 Å². The number of hydrogen-bond donors (Lipinski definition) is 0. The number of benzene rings is 1. The summed E-state index contributed by atoms with van der Waals surface area (Å²) >= 11 is 0. The van der Waals surface area contributed by atoms with Gasteiger partial charge in [0.2, 0.25) is 0 Å². The number of carbonyl (C=O) groups is 2. The van der Waals surface area contributed by atoms with Gasteiger partial charge in [0, 0.05) is 17.2 Å². The van der Waals surface area contributed by atoms with E-state index in [1.54, 1.807) is 31.2 Å². The lowest BCUT2D eigenvalue weighted by molar-refractivity contribution is -0.147. The molecule has 0 radical (unpaired) electrons. The number of aryl methyl sites for hydroxylation is 1. The van der Waals surface area contributed by atoms with E-state index >= 15 is 0 Å². The summed E-state index contributed by atoms with van der Waals surface area (Å²) in [5.41, 5.74) is 1.12. The van der Waals surface area contributed by atoms with Gasteiger partial charge in [-0.2, -0.15) is 0 Å². The number of nitrogens with zero attached hydrogens (tertiary/aromatic N) is 1. The molecule has 0 saturated carbocycles. The Bertz CT molecular complexity index is 706. The predicted octanol–water partition coefficient (Wildman–Crippen LogP) is 2.32. The minimum atomic E-state index is -0.569. The van der Waals surface area contributed by atoms with Gasteiger partial charge in [-0.1, -0.05) is 0 Å². The molecule has 23 heavy (non-hydrogen) atoms. The highest BCUT2D eigenvalue weighted by molar-refractivity contribution is 5.94. The van der Waals surface area contributed by atoms with E-state index in [1.165, 1.54) is 14.0 Å². The number of hydrogen-bond acceptors (Lipinski definition) is 7. The van der Waals surface area contributed by atoms with E-state index in [4.69, 9.17) is 18.7 Å². The number of carbonyl (C=O) groups excluding carboxylic acids is 2. The van der Waals surface area contributed by atoms with Crippen LogP contribution in [-0.4, -0.2) is 30.6 Å². The van der Waals surface area contributed by atoms with Crippen LogP contribution in [0.5, 0.6) is 11.6 Å². The van der Waals surface area contributed by atoms with E-state index < -0.39 is 5.97 Å². The second kappa shape index (κ2) is 7.44. The fraction of sp³-hybridized carbons (Fsp3) is 0.312. The molecule has 0 aliphatic heterocycles. The van der Waals surface area contributed by atoms with Crippen molar-refractivity contribution in [3.8, 4) is 11.6 Å². The van der Waals surface area contributed by atoms with Crippen LogP contribution in [0.1, 0.15) is 28.6 Å². The molecule has 1 heterocycles. The average molecular weight is 319 g/mol. The lowest BCUT2D eigenvalue weighted by Crippen LogP contribution is -2.15. The molecule has 0 bridgehead atoms. The summed E-state index contributed by atoms with van der Waals surface area (Å²) in [6.45, 7) is 2.86. The first-order valence-electron chi connectivity index (χ1n) is 6.89. The summed E-state index contributed by atoms with van der Waals surface area (Å²) in [4.78, 5) is 23.1. The van der Waals surface area contributed by atoms with Crippen molar-refractivity contribution < 1.29 is 28.3 Å². The Morgan fingerprint density at radius 2 is 2.04 bits per heavy atom. The second-order valence-corrected chi connectivity index (χ2v) is 4.81. The Labute approximate surface area is 133 Å². The van der Waals surface area contributed by atoms with Crippen LogP contribution in [0, 0.1) is 6.92 Å². The normalized spacial score (nSPS) is 10.2. The lowest BCUT2D eigenvalue weighted by atomic mass is 10.1. The third-order valence-electron chi connectivity index (χ3n) is 3.02. The standard InChI is InChI=1S/C16H17NO6/c1-10-6-15(17-23-10)21-9-16(19)22-8-13-7-12(11(2)18)4-5-14(13)20-3/h4-7H,8-9H2,1-3H3. The first kappa shape index (κ1) is 16.5. The molecule has 2 rings (SSSR count). The summed E-state index contributed by atoms with van der Waals surface area (Å²) < 4.78 is 20.3. The zero-order chi connectivity index (χ0) is 16.8. The molecule has 0 aliphatic carbocycles. The molecule has 122 valence electrons. The van der Waals surface area contributed by atoms with E-state index in [1.807, 2.05) is 0 Å².